The van der Waals surface area contributed by atoms with Crippen molar-refractivity contribution in [2.75, 3.05) is 37.7 Å². The molecule has 2 bridgehead atoms. The summed E-state index contributed by atoms with van der Waals surface area (Å²) >= 11 is 1.52. The van der Waals surface area contributed by atoms with Crippen LogP contribution in [0.5, 0.6) is 11.8 Å². The molecule has 2 aromatic heterocycles. The minimum atomic E-state index is -0.850. The Balaban J connectivity index is 1.28. The average molecular weight is 588 g/mol. The minimum absolute atomic E-state index is 0.0540. The van der Waals surface area contributed by atoms with E-state index in [1.807, 2.05) is 5.38 Å². The van der Waals surface area contributed by atoms with E-state index in [1.165, 1.54) is 17.4 Å². The minimum Gasteiger partial charge on any atom is -0.508 e. The molecule has 4 saturated heterocycles. The van der Waals surface area contributed by atoms with Gasteiger partial charge >= 0.3 is 6.01 Å². The van der Waals surface area contributed by atoms with Gasteiger partial charge in [-0.2, -0.15) is 9.97 Å². The largest absolute Gasteiger partial charge is 0.508 e. The second kappa shape index (κ2) is 9.76. The van der Waals surface area contributed by atoms with Crippen molar-refractivity contribution in [3.8, 4) is 35.2 Å². The average Bonchev–Trinajstić information content (AvgIpc) is 3.73. The molecule has 0 radical (unpaired) electrons. The summed E-state index contributed by atoms with van der Waals surface area (Å²) in [6.45, 7) is 3.32. The Hall–Kier alpha value is -3.52. The quantitative estimate of drug-likeness (QED) is 0.310. The normalized spacial score (nSPS) is 27.2. The zero-order chi connectivity index (χ0) is 28.6. The van der Waals surface area contributed by atoms with Crippen molar-refractivity contribution >= 4 is 38.1 Å². The number of nitrogens with one attached hydrogen (secondary N) is 1. The molecule has 10 heteroatoms. The van der Waals surface area contributed by atoms with Gasteiger partial charge in [0.15, 0.2) is 5.82 Å². The maximum atomic E-state index is 14.9. The summed E-state index contributed by atoms with van der Waals surface area (Å²) in [5.74, 6) is 2.89. The first-order valence-electron chi connectivity index (χ1n) is 14.7. The fraction of sp³-hybridized carbons (Fsp3) is 0.438. The first-order chi connectivity index (χ1) is 20.4. The highest BCUT2D eigenvalue weighted by Crippen LogP contribution is 2.45. The van der Waals surface area contributed by atoms with Crippen LogP contribution >= 0.6 is 11.3 Å². The lowest BCUT2D eigenvalue weighted by Crippen LogP contribution is -2.51. The maximum Gasteiger partial charge on any atom is 0.319 e. The third kappa shape index (κ3) is 4.13. The molecular weight excluding hydrogens is 556 g/mol. The number of benzene rings is 2. The molecule has 0 amide bonds. The van der Waals surface area contributed by atoms with Crippen LogP contribution in [0.15, 0.2) is 29.6 Å². The fourth-order valence-corrected chi connectivity index (χ4v) is 8.77. The highest BCUT2D eigenvalue weighted by atomic mass is 32.1. The Morgan fingerprint density at radius 2 is 2.00 bits per heavy atom. The molecule has 6 heterocycles. The molecule has 0 aliphatic carbocycles. The highest BCUT2D eigenvalue weighted by Gasteiger charge is 2.49. The van der Waals surface area contributed by atoms with Gasteiger partial charge in [0, 0.05) is 54.5 Å². The van der Waals surface area contributed by atoms with Crippen LogP contribution in [0.2, 0.25) is 0 Å². The number of phenols is 1. The van der Waals surface area contributed by atoms with Crippen LogP contribution in [0.4, 0.5) is 14.6 Å². The molecule has 216 valence electrons. The van der Waals surface area contributed by atoms with Gasteiger partial charge in [-0.15, -0.1) is 17.8 Å². The van der Waals surface area contributed by atoms with Gasteiger partial charge in [0.25, 0.3) is 0 Å². The Morgan fingerprint density at radius 1 is 1.17 bits per heavy atom. The Morgan fingerprint density at radius 3 is 2.81 bits per heavy atom. The van der Waals surface area contributed by atoms with Crippen molar-refractivity contribution in [3.05, 3.63) is 41.0 Å². The molecule has 8 rings (SSSR count). The van der Waals surface area contributed by atoms with E-state index in [-0.39, 0.29) is 22.9 Å². The number of phenolic OH excluding ortho intramolecular Hbond substituents is 1. The van der Waals surface area contributed by atoms with E-state index in [0.29, 0.717) is 53.5 Å². The van der Waals surface area contributed by atoms with Crippen molar-refractivity contribution in [3.63, 3.8) is 0 Å². The second-order valence-electron chi connectivity index (χ2n) is 12.2. The van der Waals surface area contributed by atoms with E-state index < -0.39 is 12.0 Å². The Labute approximate surface area is 246 Å². The van der Waals surface area contributed by atoms with Gasteiger partial charge in [0.2, 0.25) is 0 Å². The van der Waals surface area contributed by atoms with Crippen LogP contribution in [0.25, 0.3) is 32.1 Å². The number of rotatable bonds is 5. The summed E-state index contributed by atoms with van der Waals surface area (Å²) < 4.78 is 36.6. The number of hydrogen-bond donors (Lipinski definition) is 2. The predicted octanol–water partition coefficient (Wildman–Crippen LogP) is 5.23. The topological polar surface area (TPSA) is 73.8 Å². The van der Waals surface area contributed by atoms with E-state index in [9.17, 15) is 13.9 Å². The third-order valence-electron chi connectivity index (χ3n) is 9.61. The van der Waals surface area contributed by atoms with E-state index in [1.54, 1.807) is 18.2 Å². The van der Waals surface area contributed by atoms with Crippen LogP contribution in [0.3, 0.4) is 0 Å². The standard InChI is InChI=1S/C32H31F2N5O2S/c1-2-23-26(34)7-4-18-10-22(40)11-24(27(18)23)25-16-42-29-28(25)36-31(37-30(29)38-14-20-5-6-21(15-38)35-20)41-17-32-8-3-9-39(32)13-19(33)12-32/h1,4,7,10-11,16,19-21,35,40H,3,5-6,8-9,12-15,17H2/t19-,20?,21?,32+/m1/s1. The van der Waals surface area contributed by atoms with Gasteiger partial charge in [-0.3, -0.25) is 4.90 Å². The molecule has 4 aliphatic heterocycles. The number of aromatic nitrogens is 2. The molecule has 2 unspecified atom stereocenters. The first kappa shape index (κ1) is 26.1. The number of nitrogens with zero attached hydrogens (tertiary/aromatic N) is 4. The number of aromatic hydroxyl groups is 1. The molecular formula is C32H31F2N5O2S. The van der Waals surface area contributed by atoms with Gasteiger partial charge in [-0.25, -0.2) is 8.78 Å². The smallest absolute Gasteiger partial charge is 0.319 e. The lowest BCUT2D eigenvalue weighted by atomic mass is 9.94. The second-order valence-corrected chi connectivity index (χ2v) is 13.1. The van der Waals surface area contributed by atoms with Crippen molar-refractivity contribution in [1.29, 1.82) is 0 Å². The molecule has 4 atom stereocenters. The molecule has 7 nitrogen and oxygen atoms in total. The van der Waals surface area contributed by atoms with E-state index in [0.717, 1.165) is 61.4 Å². The fourth-order valence-electron chi connectivity index (χ4n) is 7.75. The number of hydrogen-bond acceptors (Lipinski definition) is 8. The Kier molecular flexibility index (Phi) is 6.07. The van der Waals surface area contributed by atoms with Gasteiger partial charge in [-0.05, 0) is 61.4 Å². The molecule has 4 fully saturated rings. The molecule has 2 aromatic carbocycles. The van der Waals surface area contributed by atoms with E-state index in [2.05, 4.69) is 21.0 Å². The molecule has 4 aliphatic rings. The lowest BCUT2D eigenvalue weighted by molar-refractivity contribution is 0.107. The van der Waals surface area contributed by atoms with Crippen molar-refractivity contribution in [2.24, 2.45) is 0 Å². The maximum absolute atomic E-state index is 14.9. The SMILES string of the molecule is C#Cc1c(F)ccc2cc(O)cc(-c3csc4c(N5CC6CCC(C5)N6)nc(OC[C@@]56CCCN5C[C@H](F)C6)nc34)c12. The molecule has 2 N–H and O–H groups in total. The summed E-state index contributed by atoms with van der Waals surface area (Å²) in [5, 5.41) is 17.5. The van der Waals surface area contributed by atoms with Crippen LogP contribution < -0.4 is 15.0 Å². The molecule has 0 spiro atoms. The highest BCUT2D eigenvalue weighted by molar-refractivity contribution is 7.18. The number of ether oxygens (including phenoxy) is 1. The monoisotopic (exact) mass is 587 g/mol. The number of halogens is 2. The van der Waals surface area contributed by atoms with Crippen LogP contribution in [0, 0.1) is 18.2 Å². The number of thiophene rings is 1. The zero-order valence-corrected chi connectivity index (χ0v) is 23.9. The lowest BCUT2D eigenvalue weighted by Gasteiger charge is -2.34. The summed E-state index contributed by atoms with van der Waals surface area (Å²) in [6, 6.07) is 7.21. The number of fused-ring (bicyclic) bond motifs is 5. The van der Waals surface area contributed by atoms with Gasteiger partial charge < -0.3 is 20.1 Å². The Bertz CT molecular complexity index is 1760. The van der Waals surface area contributed by atoms with Crippen LogP contribution in [0.1, 0.15) is 37.7 Å². The number of piperazine rings is 1. The molecule has 0 saturated carbocycles. The summed E-state index contributed by atoms with van der Waals surface area (Å²) in [5.41, 5.74) is 1.82. The van der Waals surface area contributed by atoms with Crippen LogP contribution in [-0.4, -0.2) is 76.6 Å². The van der Waals surface area contributed by atoms with Crippen molar-refractivity contribution in [1.82, 2.24) is 20.2 Å². The zero-order valence-electron chi connectivity index (χ0n) is 23.1. The summed E-state index contributed by atoms with van der Waals surface area (Å²) in [4.78, 5) is 14.4. The molecule has 4 aromatic rings. The van der Waals surface area contributed by atoms with Gasteiger partial charge in [0.05, 0.1) is 21.3 Å². The number of terminal acetylenes is 1. The molecule has 42 heavy (non-hydrogen) atoms. The van der Waals surface area contributed by atoms with E-state index >= 15 is 0 Å². The number of anilines is 1. The summed E-state index contributed by atoms with van der Waals surface area (Å²) in [6.07, 6.45) is 9.57. The van der Waals surface area contributed by atoms with Crippen molar-refractivity contribution in [2.45, 2.75) is 55.9 Å². The van der Waals surface area contributed by atoms with Gasteiger partial charge in [-0.1, -0.05) is 12.0 Å². The number of alkyl halides is 1. The van der Waals surface area contributed by atoms with Crippen LogP contribution in [-0.2, 0) is 0 Å². The van der Waals surface area contributed by atoms with E-state index in [4.69, 9.17) is 21.1 Å². The van der Waals surface area contributed by atoms with Gasteiger partial charge in [0.1, 0.15) is 24.3 Å². The first-order valence-corrected chi connectivity index (χ1v) is 15.5. The van der Waals surface area contributed by atoms with Crippen molar-refractivity contribution < 1.29 is 18.6 Å². The predicted molar refractivity (Wildman–Crippen MR) is 161 cm³/mol. The summed E-state index contributed by atoms with van der Waals surface area (Å²) in [7, 11) is 0. The third-order valence-corrected chi connectivity index (χ3v) is 10.6.